The van der Waals surface area contributed by atoms with E-state index < -0.39 is 29.5 Å². The number of nitrogens with zero attached hydrogens (tertiary/aromatic N) is 6. The summed E-state index contributed by atoms with van der Waals surface area (Å²) in [5.41, 5.74) is 0.459. The Morgan fingerprint density at radius 3 is 2.50 bits per heavy atom. The van der Waals surface area contributed by atoms with Crippen molar-refractivity contribution in [3.05, 3.63) is 55.6 Å². The van der Waals surface area contributed by atoms with Gasteiger partial charge in [-0.1, -0.05) is 0 Å². The Morgan fingerprint density at radius 1 is 1.12 bits per heavy atom. The van der Waals surface area contributed by atoms with E-state index >= 15 is 0 Å². The number of thiophene rings is 1. The van der Waals surface area contributed by atoms with Crippen molar-refractivity contribution in [2.75, 3.05) is 11.4 Å². The van der Waals surface area contributed by atoms with Gasteiger partial charge in [-0.2, -0.15) is 41.4 Å². The van der Waals surface area contributed by atoms with Crippen LogP contribution in [0.25, 0.3) is 0 Å². The number of hydrogen-bond acceptors (Lipinski definition) is 6. The van der Waals surface area contributed by atoms with Gasteiger partial charge in [-0.05, 0) is 31.0 Å². The van der Waals surface area contributed by atoms with Crippen LogP contribution in [0, 0.1) is 6.92 Å². The Kier molecular flexibility index (Phi) is 5.51. The minimum Gasteiger partial charge on any atom is -0.334 e. The van der Waals surface area contributed by atoms with Crippen molar-refractivity contribution in [2.45, 2.75) is 45.3 Å². The summed E-state index contributed by atoms with van der Waals surface area (Å²) in [6, 6.07) is 2.26. The molecule has 3 aromatic heterocycles. The van der Waals surface area contributed by atoms with Crippen LogP contribution in [0.4, 0.5) is 32.3 Å². The Hall–Kier alpha value is -2.90. The van der Waals surface area contributed by atoms with Crippen LogP contribution in [-0.2, 0) is 32.2 Å². The minimum absolute atomic E-state index is 0.0990. The van der Waals surface area contributed by atoms with Gasteiger partial charge in [0.05, 0.1) is 18.8 Å². The van der Waals surface area contributed by atoms with Gasteiger partial charge in [0.25, 0.3) is 0 Å². The first kappa shape index (κ1) is 22.3. The molecular formula is C18H16F6N6OS. The fourth-order valence-electron chi connectivity index (χ4n) is 3.40. The Balaban J connectivity index is 1.52. The van der Waals surface area contributed by atoms with E-state index in [1.165, 1.54) is 23.8 Å². The summed E-state index contributed by atoms with van der Waals surface area (Å²) in [6.45, 7) is 0.775. The predicted octanol–water partition coefficient (Wildman–Crippen LogP) is 3.40. The summed E-state index contributed by atoms with van der Waals surface area (Å²) in [7, 11) is 0. The molecule has 4 heterocycles. The number of aryl methyl sites for hydroxylation is 1. The van der Waals surface area contributed by atoms with Gasteiger partial charge in [0.15, 0.2) is 0 Å². The molecule has 0 bridgehead atoms. The van der Waals surface area contributed by atoms with Crippen LogP contribution in [-0.4, -0.2) is 37.0 Å². The molecule has 0 spiro atoms. The molecule has 1 aliphatic heterocycles. The van der Waals surface area contributed by atoms with Crippen LogP contribution < -0.4 is 10.6 Å². The molecule has 0 aromatic carbocycles. The summed E-state index contributed by atoms with van der Waals surface area (Å²) in [5.74, 6) is 0.359. The van der Waals surface area contributed by atoms with Crippen LogP contribution in [0.2, 0.25) is 0 Å². The van der Waals surface area contributed by atoms with E-state index in [4.69, 9.17) is 0 Å². The average Bonchev–Trinajstić information content (AvgIpc) is 3.28. The smallest absolute Gasteiger partial charge is 0.334 e. The predicted molar refractivity (Wildman–Crippen MR) is 102 cm³/mol. The molecule has 0 aliphatic carbocycles. The molecule has 172 valence electrons. The van der Waals surface area contributed by atoms with Crippen LogP contribution in [0.15, 0.2) is 23.1 Å². The lowest BCUT2D eigenvalue weighted by Gasteiger charge is -2.26. The van der Waals surface area contributed by atoms with Crippen LogP contribution >= 0.6 is 11.3 Å². The van der Waals surface area contributed by atoms with Gasteiger partial charge in [-0.15, -0.1) is 11.3 Å². The first-order chi connectivity index (χ1) is 14.9. The topological polar surface area (TPSA) is 68.8 Å². The van der Waals surface area contributed by atoms with E-state index in [9.17, 15) is 31.1 Å². The molecule has 0 saturated heterocycles. The second kappa shape index (κ2) is 7.90. The zero-order chi connectivity index (χ0) is 23.3. The van der Waals surface area contributed by atoms with Crippen molar-refractivity contribution in [1.29, 1.82) is 0 Å². The number of fused-ring (bicyclic) bond motifs is 1. The molecule has 4 rings (SSSR count). The van der Waals surface area contributed by atoms with Gasteiger partial charge in [-0.25, -0.2) is 4.79 Å². The molecule has 0 radical (unpaired) electrons. The second-order valence-electron chi connectivity index (χ2n) is 7.29. The van der Waals surface area contributed by atoms with E-state index in [2.05, 4.69) is 15.1 Å². The van der Waals surface area contributed by atoms with Crippen molar-refractivity contribution < 1.29 is 26.3 Å². The molecule has 0 amide bonds. The fourth-order valence-corrected chi connectivity index (χ4v) is 4.27. The molecule has 3 aromatic rings. The minimum atomic E-state index is -4.45. The molecule has 14 heteroatoms. The maximum atomic E-state index is 12.8. The van der Waals surface area contributed by atoms with Crippen LogP contribution in [0.3, 0.4) is 0 Å². The number of hydrogen-bond donors (Lipinski definition) is 0. The summed E-state index contributed by atoms with van der Waals surface area (Å²) in [5, 5.41) is 3.98. The highest BCUT2D eigenvalue weighted by Crippen LogP contribution is 2.34. The highest BCUT2D eigenvalue weighted by Gasteiger charge is 2.33. The normalized spacial score (nSPS) is 14.7. The zero-order valence-electron chi connectivity index (χ0n) is 16.5. The Morgan fingerprint density at radius 2 is 1.88 bits per heavy atom. The van der Waals surface area contributed by atoms with Crippen molar-refractivity contribution >= 4 is 17.3 Å². The van der Waals surface area contributed by atoms with Gasteiger partial charge in [-0.3, -0.25) is 9.25 Å². The summed E-state index contributed by atoms with van der Waals surface area (Å²) >= 11 is 0.541. The van der Waals surface area contributed by atoms with E-state index in [0.29, 0.717) is 40.4 Å². The number of rotatable bonds is 4. The number of halogens is 6. The molecule has 0 N–H and O–H groups in total. The van der Waals surface area contributed by atoms with Gasteiger partial charge < -0.3 is 4.90 Å². The summed E-state index contributed by atoms with van der Waals surface area (Å²) in [6.07, 6.45) is -7.07. The summed E-state index contributed by atoms with van der Waals surface area (Å²) in [4.78, 5) is 22.0. The van der Waals surface area contributed by atoms with Crippen molar-refractivity contribution in [2.24, 2.45) is 0 Å². The fraction of sp³-hybridized carbons (Fsp3) is 0.444. The van der Waals surface area contributed by atoms with Crippen molar-refractivity contribution in [1.82, 2.24) is 24.3 Å². The lowest BCUT2D eigenvalue weighted by atomic mass is 10.1. The molecule has 7 nitrogen and oxygen atoms in total. The van der Waals surface area contributed by atoms with Gasteiger partial charge in [0, 0.05) is 17.6 Å². The first-order valence-corrected chi connectivity index (χ1v) is 10.2. The van der Waals surface area contributed by atoms with Crippen molar-refractivity contribution in [3.8, 4) is 0 Å². The monoisotopic (exact) mass is 478 g/mol. The number of alkyl halides is 6. The standard InChI is InChI=1S/C18H16F6N6OS/c1-10-25-15(26-16(31)30(10)7-12-2-3-14(32-12)18(22,23)24)28-5-4-11-6-29(9-17(19,20)21)27-13(11)8-28/h2-3,6H,4-5,7-9H2,1H3. The largest absolute Gasteiger partial charge is 0.425 e. The SMILES string of the molecule is Cc1nc(N2CCc3cn(CC(F)(F)F)nc3C2)nc(=O)n1Cc1ccc(C(F)(F)F)s1. The first-order valence-electron chi connectivity index (χ1n) is 9.37. The highest BCUT2D eigenvalue weighted by molar-refractivity contribution is 7.12. The maximum absolute atomic E-state index is 12.8. The van der Waals surface area contributed by atoms with E-state index in [-0.39, 0.29) is 24.9 Å². The summed E-state index contributed by atoms with van der Waals surface area (Å²) < 4.78 is 78.2. The molecule has 0 fully saturated rings. The van der Waals surface area contributed by atoms with Gasteiger partial charge in [0.2, 0.25) is 5.95 Å². The van der Waals surface area contributed by atoms with E-state index in [1.807, 2.05) is 0 Å². The lowest BCUT2D eigenvalue weighted by Crippen LogP contribution is -2.36. The molecule has 0 saturated carbocycles. The lowest BCUT2D eigenvalue weighted by molar-refractivity contribution is -0.142. The van der Waals surface area contributed by atoms with Gasteiger partial charge in [0.1, 0.15) is 17.2 Å². The highest BCUT2D eigenvalue weighted by atomic mass is 32.1. The third kappa shape index (κ3) is 4.79. The Bertz CT molecular complexity index is 1190. The Labute approximate surface area is 180 Å². The van der Waals surface area contributed by atoms with Crippen LogP contribution in [0.1, 0.15) is 26.8 Å². The number of aromatic nitrogens is 5. The van der Waals surface area contributed by atoms with Crippen LogP contribution in [0.5, 0.6) is 0 Å². The molecule has 32 heavy (non-hydrogen) atoms. The number of anilines is 1. The average molecular weight is 478 g/mol. The second-order valence-corrected chi connectivity index (χ2v) is 8.46. The van der Waals surface area contributed by atoms with Crippen molar-refractivity contribution in [3.63, 3.8) is 0 Å². The van der Waals surface area contributed by atoms with E-state index in [0.717, 1.165) is 10.7 Å². The molecule has 0 unspecified atom stereocenters. The molecular weight excluding hydrogens is 462 g/mol. The van der Waals surface area contributed by atoms with E-state index in [1.54, 1.807) is 4.90 Å². The zero-order valence-corrected chi connectivity index (χ0v) is 17.4. The quantitative estimate of drug-likeness (QED) is 0.538. The molecule has 0 atom stereocenters. The third-order valence-corrected chi connectivity index (χ3v) is 5.99. The molecule has 1 aliphatic rings. The third-order valence-electron chi connectivity index (χ3n) is 4.87. The maximum Gasteiger partial charge on any atom is 0.425 e. The van der Waals surface area contributed by atoms with Gasteiger partial charge >= 0.3 is 18.0 Å².